The monoisotopic (exact) mass is 186 g/mol. The molecule has 3 heteroatoms. The van der Waals surface area contributed by atoms with Crippen molar-refractivity contribution in [1.29, 1.82) is 0 Å². The Bertz CT molecular complexity index is 135. The standard InChI is InChI=1S/C10H22N2O/c1-11(2)8-9-12(3)7-5-6-10-13-4/h5-6H,7-10H2,1-4H3/b6-5-. The van der Waals surface area contributed by atoms with Crippen LogP contribution in [0.5, 0.6) is 0 Å². The molecule has 0 radical (unpaired) electrons. The first-order chi connectivity index (χ1) is 6.16. The molecule has 0 aliphatic carbocycles. The zero-order chi connectivity index (χ0) is 10.1. The van der Waals surface area contributed by atoms with E-state index in [1.165, 1.54) is 0 Å². The van der Waals surface area contributed by atoms with Gasteiger partial charge in [0.2, 0.25) is 0 Å². The van der Waals surface area contributed by atoms with Gasteiger partial charge in [0, 0.05) is 26.7 Å². The lowest BCUT2D eigenvalue weighted by Gasteiger charge is -2.17. The quantitative estimate of drug-likeness (QED) is 0.544. The number of hydrogen-bond donors (Lipinski definition) is 0. The Kier molecular flexibility index (Phi) is 7.99. The van der Waals surface area contributed by atoms with E-state index in [1.54, 1.807) is 7.11 Å². The van der Waals surface area contributed by atoms with Crippen LogP contribution in [0.25, 0.3) is 0 Å². The van der Waals surface area contributed by atoms with Crippen molar-refractivity contribution in [2.45, 2.75) is 0 Å². The highest BCUT2D eigenvalue weighted by Gasteiger charge is 1.95. The fourth-order valence-electron chi connectivity index (χ4n) is 0.881. The zero-order valence-electron chi connectivity index (χ0n) is 9.29. The number of likely N-dealkylation sites (N-methyl/N-ethyl adjacent to an activating group) is 2. The van der Waals surface area contributed by atoms with Crippen molar-refractivity contribution >= 4 is 0 Å². The highest BCUT2D eigenvalue weighted by atomic mass is 16.5. The van der Waals surface area contributed by atoms with Crippen molar-refractivity contribution in [2.24, 2.45) is 0 Å². The fourth-order valence-corrected chi connectivity index (χ4v) is 0.881. The van der Waals surface area contributed by atoms with E-state index in [1.807, 2.05) is 6.08 Å². The van der Waals surface area contributed by atoms with Crippen molar-refractivity contribution in [3.05, 3.63) is 12.2 Å². The lowest BCUT2D eigenvalue weighted by atomic mass is 10.4. The molecule has 0 unspecified atom stereocenters. The maximum atomic E-state index is 4.91. The molecule has 0 rings (SSSR count). The number of hydrogen-bond acceptors (Lipinski definition) is 3. The van der Waals surface area contributed by atoms with Crippen molar-refractivity contribution in [3.8, 4) is 0 Å². The molecule has 0 bridgehead atoms. The second-order valence-electron chi connectivity index (χ2n) is 3.49. The van der Waals surface area contributed by atoms with Crippen LogP contribution in [0.15, 0.2) is 12.2 Å². The first kappa shape index (κ1) is 12.6. The topological polar surface area (TPSA) is 15.7 Å². The summed E-state index contributed by atoms with van der Waals surface area (Å²) in [5, 5.41) is 0. The molecule has 0 amide bonds. The van der Waals surface area contributed by atoms with Crippen molar-refractivity contribution in [3.63, 3.8) is 0 Å². The number of nitrogens with zero attached hydrogens (tertiary/aromatic N) is 2. The fraction of sp³-hybridized carbons (Fsp3) is 0.800. The summed E-state index contributed by atoms with van der Waals surface area (Å²) >= 11 is 0. The van der Waals surface area contributed by atoms with Crippen molar-refractivity contribution in [2.75, 3.05) is 54.5 Å². The van der Waals surface area contributed by atoms with Gasteiger partial charge in [-0.2, -0.15) is 0 Å². The first-order valence-electron chi connectivity index (χ1n) is 4.64. The highest BCUT2D eigenvalue weighted by Crippen LogP contribution is 1.85. The SMILES string of the molecule is COC/C=C\CN(C)CCN(C)C. The van der Waals surface area contributed by atoms with E-state index in [-0.39, 0.29) is 0 Å². The average molecular weight is 186 g/mol. The maximum absolute atomic E-state index is 4.91. The minimum absolute atomic E-state index is 0.710. The van der Waals surface area contributed by atoms with Gasteiger partial charge in [-0.05, 0) is 21.1 Å². The summed E-state index contributed by atoms with van der Waals surface area (Å²) in [4.78, 5) is 4.47. The van der Waals surface area contributed by atoms with Gasteiger partial charge in [-0.1, -0.05) is 12.2 Å². The molecule has 0 saturated heterocycles. The summed E-state index contributed by atoms with van der Waals surface area (Å²) in [6.07, 6.45) is 4.19. The van der Waals surface area contributed by atoms with E-state index in [2.05, 4.69) is 37.0 Å². The normalized spacial score (nSPS) is 12.2. The Morgan fingerprint density at radius 3 is 2.31 bits per heavy atom. The van der Waals surface area contributed by atoms with Crippen molar-refractivity contribution < 1.29 is 4.74 Å². The molecule has 0 fully saturated rings. The second kappa shape index (κ2) is 8.23. The maximum Gasteiger partial charge on any atom is 0.0644 e. The predicted octanol–water partition coefficient (Wildman–Crippen LogP) is 0.682. The molecule has 0 aromatic carbocycles. The number of ether oxygens (including phenoxy) is 1. The van der Waals surface area contributed by atoms with Crippen LogP contribution in [0.2, 0.25) is 0 Å². The molecule has 0 aromatic rings. The Morgan fingerprint density at radius 1 is 1.08 bits per heavy atom. The molecule has 3 nitrogen and oxygen atoms in total. The minimum atomic E-state index is 0.710. The van der Waals surface area contributed by atoms with E-state index in [0.717, 1.165) is 19.6 Å². The Labute approximate surface area is 82.0 Å². The van der Waals surface area contributed by atoms with Crippen LogP contribution in [-0.4, -0.2) is 64.3 Å². The summed E-state index contributed by atoms with van der Waals surface area (Å²) in [6.45, 7) is 3.91. The molecule has 0 saturated carbocycles. The molecule has 0 spiro atoms. The molecular formula is C10H22N2O. The summed E-state index contributed by atoms with van der Waals surface area (Å²) in [5.41, 5.74) is 0. The van der Waals surface area contributed by atoms with Crippen LogP contribution >= 0.6 is 0 Å². The Balaban J connectivity index is 3.34. The van der Waals surface area contributed by atoms with E-state index in [0.29, 0.717) is 6.61 Å². The Morgan fingerprint density at radius 2 is 1.77 bits per heavy atom. The lowest BCUT2D eigenvalue weighted by molar-refractivity contribution is 0.233. The van der Waals surface area contributed by atoms with Crippen LogP contribution in [-0.2, 0) is 4.74 Å². The van der Waals surface area contributed by atoms with Gasteiger partial charge in [0.15, 0.2) is 0 Å². The van der Waals surface area contributed by atoms with Crippen LogP contribution in [0, 0.1) is 0 Å². The molecule has 0 atom stereocenters. The molecule has 0 aliphatic heterocycles. The third-order valence-corrected chi connectivity index (χ3v) is 1.78. The van der Waals surface area contributed by atoms with Crippen LogP contribution in [0.3, 0.4) is 0 Å². The Hall–Kier alpha value is -0.380. The first-order valence-corrected chi connectivity index (χ1v) is 4.64. The van der Waals surface area contributed by atoms with E-state index in [9.17, 15) is 0 Å². The van der Waals surface area contributed by atoms with Crippen molar-refractivity contribution in [1.82, 2.24) is 9.80 Å². The summed E-state index contributed by atoms with van der Waals surface area (Å²) in [6, 6.07) is 0. The number of rotatable bonds is 7. The van der Waals surface area contributed by atoms with Crippen LogP contribution < -0.4 is 0 Å². The second-order valence-corrected chi connectivity index (χ2v) is 3.49. The molecule has 0 aromatic heterocycles. The third-order valence-electron chi connectivity index (χ3n) is 1.78. The predicted molar refractivity (Wildman–Crippen MR) is 57.1 cm³/mol. The van der Waals surface area contributed by atoms with Gasteiger partial charge in [0.25, 0.3) is 0 Å². The molecule has 0 aliphatic rings. The summed E-state index contributed by atoms with van der Waals surface area (Å²) < 4.78 is 4.91. The van der Waals surface area contributed by atoms with Gasteiger partial charge in [0.1, 0.15) is 0 Å². The van der Waals surface area contributed by atoms with Gasteiger partial charge >= 0.3 is 0 Å². The van der Waals surface area contributed by atoms with E-state index < -0.39 is 0 Å². The van der Waals surface area contributed by atoms with Crippen LogP contribution in [0.1, 0.15) is 0 Å². The van der Waals surface area contributed by atoms with Gasteiger partial charge in [-0.25, -0.2) is 0 Å². The van der Waals surface area contributed by atoms with Gasteiger partial charge < -0.3 is 14.5 Å². The lowest BCUT2D eigenvalue weighted by Crippen LogP contribution is -2.28. The van der Waals surface area contributed by atoms with Gasteiger partial charge in [-0.15, -0.1) is 0 Å². The molecule has 0 N–H and O–H groups in total. The summed E-state index contributed by atoms with van der Waals surface area (Å²) in [7, 11) is 8.02. The van der Waals surface area contributed by atoms with E-state index >= 15 is 0 Å². The van der Waals surface area contributed by atoms with Gasteiger partial charge in [-0.3, -0.25) is 0 Å². The number of methoxy groups -OCH3 is 1. The third kappa shape index (κ3) is 9.53. The molecule has 0 heterocycles. The van der Waals surface area contributed by atoms with E-state index in [4.69, 9.17) is 4.74 Å². The average Bonchev–Trinajstić information content (AvgIpc) is 2.09. The highest BCUT2D eigenvalue weighted by molar-refractivity contribution is 4.84. The molecular weight excluding hydrogens is 164 g/mol. The smallest absolute Gasteiger partial charge is 0.0644 e. The zero-order valence-corrected chi connectivity index (χ0v) is 9.29. The minimum Gasteiger partial charge on any atom is -0.381 e. The molecule has 78 valence electrons. The molecule has 13 heavy (non-hydrogen) atoms. The largest absolute Gasteiger partial charge is 0.381 e. The summed E-state index contributed by atoms with van der Waals surface area (Å²) in [5.74, 6) is 0. The van der Waals surface area contributed by atoms with Gasteiger partial charge in [0.05, 0.1) is 6.61 Å². The van der Waals surface area contributed by atoms with Crippen LogP contribution in [0.4, 0.5) is 0 Å².